The molecule has 3 aliphatic heterocycles. The highest BCUT2D eigenvalue weighted by Crippen LogP contribution is 2.51. The summed E-state index contributed by atoms with van der Waals surface area (Å²) in [7, 11) is 0. The smallest absolute Gasteiger partial charge is 0.337 e. The molecular formula is C41H46Cl3N3O5S. The molecular weight excluding hydrogens is 753 g/mol. The number of rotatable bonds is 11. The fraction of sp³-hybridized carbons (Fsp3) is 0.463. The third-order valence-corrected chi connectivity index (χ3v) is 12.8. The van der Waals surface area contributed by atoms with Crippen LogP contribution >= 0.6 is 46.6 Å². The van der Waals surface area contributed by atoms with Crippen LogP contribution in [0.2, 0.25) is 15.1 Å². The van der Waals surface area contributed by atoms with Crippen molar-refractivity contribution in [1.29, 1.82) is 0 Å². The number of thioether (sulfide) groups is 1. The van der Waals surface area contributed by atoms with E-state index in [-0.39, 0.29) is 66.6 Å². The lowest BCUT2D eigenvalue weighted by Crippen LogP contribution is -2.37. The van der Waals surface area contributed by atoms with E-state index < -0.39 is 5.97 Å². The summed E-state index contributed by atoms with van der Waals surface area (Å²) < 4.78 is 6.70. The van der Waals surface area contributed by atoms with Gasteiger partial charge in [-0.15, -0.1) is 11.8 Å². The van der Waals surface area contributed by atoms with Crippen molar-refractivity contribution in [2.24, 2.45) is 4.99 Å². The van der Waals surface area contributed by atoms with Crippen molar-refractivity contribution >= 4 is 75.5 Å². The number of nitrogens with zero attached hydrogens (tertiary/aromatic N) is 1. The minimum atomic E-state index is -1.28. The van der Waals surface area contributed by atoms with Gasteiger partial charge in [-0.05, 0) is 95.4 Å². The molecule has 3 aromatic rings. The van der Waals surface area contributed by atoms with Crippen molar-refractivity contribution in [3.8, 4) is 11.5 Å². The number of hydrogen-bond donors (Lipinski definition) is 3. The van der Waals surface area contributed by atoms with Crippen LogP contribution in [0.3, 0.4) is 0 Å². The molecule has 1 amide bonds. The number of unbranched alkanes of at least 4 members (excludes halogenated alkanes) is 2. The highest BCUT2D eigenvalue weighted by atomic mass is 35.5. The Bertz CT molecular complexity index is 2170. The number of carbonyl (C=O) groups excluding carboxylic acids is 2. The highest BCUT2D eigenvalue weighted by Gasteiger charge is 2.36. The second kappa shape index (κ2) is 15.1. The SMILES string of the molecule is CC(=O)CCCCCNC(=O)CSc1c(Cl)c(Cl)c(C(=O)O)c(C2=c3cc4c(cc3Oc3cc5c(cc32)C(C)CC(C)(C)N5)=NC(C)(C)CC4C)c1Cl. The van der Waals surface area contributed by atoms with Crippen LogP contribution < -0.4 is 25.9 Å². The summed E-state index contributed by atoms with van der Waals surface area (Å²) in [5.74, 6) is 0.0541. The number of aromatic carboxylic acids is 1. The molecule has 2 unspecified atom stereocenters. The summed E-state index contributed by atoms with van der Waals surface area (Å²) in [6.45, 7) is 15.0. The number of carbonyl (C=O) groups is 3. The van der Waals surface area contributed by atoms with Gasteiger partial charge in [0.2, 0.25) is 5.91 Å². The Morgan fingerprint density at radius 2 is 1.66 bits per heavy atom. The summed E-state index contributed by atoms with van der Waals surface area (Å²) in [4.78, 5) is 42.7. The number of fused-ring (bicyclic) bond motifs is 4. The first-order valence-corrected chi connectivity index (χ1v) is 20.2. The predicted molar refractivity (Wildman–Crippen MR) is 215 cm³/mol. The van der Waals surface area contributed by atoms with Crippen LogP contribution in [0.5, 0.6) is 11.5 Å². The quantitative estimate of drug-likeness (QED) is 0.0786. The zero-order valence-electron chi connectivity index (χ0n) is 31.2. The molecule has 0 radical (unpaired) electrons. The van der Waals surface area contributed by atoms with Crippen molar-refractivity contribution in [2.75, 3.05) is 17.6 Å². The van der Waals surface area contributed by atoms with Gasteiger partial charge in [0.1, 0.15) is 17.3 Å². The first-order chi connectivity index (χ1) is 24.9. The Morgan fingerprint density at radius 3 is 2.36 bits per heavy atom. The maximum atomic E-state index is 13.2. The molecule has 3 heterocycles. The van der Waals surface area contributed by atoms with Crippen LogP contribution in [0, 0.1) is 0 Å². The fourth-order valence-electron chi connectivity index (χ4n) is 8.10. The Hall–Kier alpha value is -3.24. The molecule has 0 aliphatic carbocycles. The maximum absolute atomic E-state index is 13.2. The van der Waals surface area contributed by atoms with Gasteiger partial charge in [-0.2, -0.15) is 0 Å². The highest BCUT2D eigenvalue weighted by molar-refractivity contribution is 8.00. The third kappa shape index (κ3) is 8.10. The Morgan fingerprint density at radius 1 is 0.943 bits per heavy atom. The van der Waals surface area contributed by atoms with Crippen LogP contribution in [0.25, 0.3) is 5.57 Å². The number of carboxylic acid groups (broad SMARTS) is 1. The number of carboxylic acids is 1. The van der Waals surface area contributed by atoms with Gasteiger partial charge < -0.3 is 25.3 Å². The van der Waals surface area contributed by atoms with Gasteiger partial charge in [0.25, 0.3) is 0 Å². The maximum Gasteiger partial charge on any atom is 0.337 e. The van der Waals surface area contributed by atoms with Gasteiger partial charge in [0.15, 0.2) is 0 Å². The van der Waals surface area contributed by atoms with Crippen LogP contribution in [-0.2, 0) is 9.59 Å². The van der Waals surface area contributed by atoms with E-state index in [9.17, 15) is 19.5 Å². The topological polar surface area (TPSA) is 117 Å². The van der Waals surface area contributed by atoms with Gasteiger partial charge in [0, 0.05) is 63.1 Å². The van der Waals surface area contributed by atoms with Crippen molar-refractivity contribution < 1.29 is 24.2 Å². The molecule has 53 heavy (non-hydrogen) atoms. The number of hydrogen-bond acceptors (Lipinski definition) is 7. The first kappa shape index (κ1) is 39.5. The summed E-state index contributed by atoms with van der Waals surface area (Å²) in [6.07, 6.45) is 4.62. The van der Waals surface area contributed by atoms with E-state index in [0.717, 1.165) is 66.0 Å². The van der Waals surface area contributed by atoms with E-state index in [1.54, 1.807) is 6.92 Å². The summed E-state index contributed by atoms with van der Waals surface area (Å²) >= 11 is 22.1. The normalized spacial score (nSPS) is 19.0. The molecule has 0 bridgehead atoms. The monoisotopic (exact) mass is 797 g/mol. The molecule has 2 atom stereocenters. The summed E-state index contributed by atoms with van der Waals surface area (Å²) in [6, 6.07) is 8.06. The summed E-state index contributed by atoms with van der Waals surface area (Å²) in [5.41, 5.74) is 3.90. The number of ether oxygens (including phenoxy) is 1. The number of Topliss-reactive ketones (excluding diaryl/α,β-unsaturated/α-hetero) is 1. The van der Waals surface area contributed by atoms with Crippen LogP contribution in [0.15, 0.2) is 34.2 Å². The Kier molecular flexibility index (Phi) is 11.3. The van der Waals surface area contributed by atoms with Crippen molar-refractivity contribution in [3.63, 3.8) is 0 Å². The van der Waals surface area contributed by atoms with E-state index >= 15 is 0 Å². The van der Waals surface area contributed by atoms with E-state index in [1.165, 1.54) is 0 Å². The molecule has 3 N–H and O–H groups in total. The molecule has 0 aromatic heterocycles. The molecule has 0 spiro atoms. The first-order valence-electron chi connectivity index (χ1n) is 18.1. The van der Waals surface area contributed by atoms with E-state index in [1.807, 2.05) is 12.1 Å². The van der Waals surface area contributed by atoms with Gasteiger partial charge in [-0.25, -0.2) is 4.79 Å². The number of halogens is 3. The molecule has 282 valence electrons. The molecule has 6 rings (SSSR count). The average molecular weight is 799 g/mol. The molecule has 0 saturated heterocycles. The number of anilines is 1. The zero-order chi connectivity index (χ0) is 38.6. The number of amides is 1. The number of benzene rings is 3. The molecule has 3 aliphatic rings. The lowest BCUT2D eigenvalue weighted by Gasteiger charge is -2.38. The largest absolute Gasteiger partial charge is 0.478 e. The molecule has 0 saturated carbocycles. The van der Waals surface area contributed by atoms with Crippen LogP contribution in [0.1, 0.15) is 131 Å². The Balaban J connectivity index is 1.53. The lowest BCUT2D eigenvalue weighted by molar-refractivity contribution is -0.119. The van der Waals surface area contributed by atoms with E-state index in [2.05, 4.69) is 64.3 Å². The average Bonchev–Trinajstić information content (AvgIpc) is 3.04. The fourth-order valence-corrected chi connectivity index (χ4v) is 10.1. The van der Waals surface area contributed by atoms with Crippen LogP contribution in [0.4, 0.5) is 5.69 Å². The van der Waals surface area contributed by atoms with Crippen molar-refractivity contribution in [2.45, 2.75) is 115 Å². The van der Waals surface area contributed by atoms with Crippen LogP contribution in [-0.4, -0.2) is 46.1 Å². The number of ketones is 1. The predicted octanol–water partition coefficient (Wildman–Crippen LogP) is 9.66. The zero-order valence-corrected chi connectivity index (χ0v) is 34.3. The van der Waals surface area contributed by atoms with E-state index in [0.29, 0.717) is 45.7 Å². The molecule has 12 heteroatoms. The Labute approximate surface area is 330 Å². The van der Waals surface area contributed by atoms with Gasteiger partial charge >= 0.3 is 5.97 Å². The van der Waals surface area contributed by atoms with Crippen molar-refractivity contribution in [3.05, 3.63) is 77.7 Å². The standard InChI is InChI=1S/C41H46Cl3N3O5S/c1-20-17-40(4,5)46-27-15-29-25(13-23(20)27)32(26-14-24-21(2)18-41(6,7)47-28(24)16-30(26)52-29)33-34(39(50)51)35(42)37(44)38(36(33)43)53-19-31(49)45-12-10-8-9-11-22(3)48/h13-16,20-21,46H,8-12,17-19H2,1-7H3,(H,45,49)(H,50,51). The number of nitrogens with one attached hydrogen (secondary N) is 2. The second-order valence-corrected chi connectivity index (χ2v) is 18.1. The third-order valence-electron chi connectivity index (χ3n) is 10.2. The minimum Gasteiger partial charge on any atom is -0.478 e. The molecule has 8 nitrogen and oxygen atoms in total. The second-order valence-electron chi connectivity index (χ2n) is 15.9. The minimum absolute atomic E-state index is 0.0184. The van der Waals surface area contributed by atoms with E-state index in [4.69, 9.17) is 44.5 Å². The van der Waals surface area contributed by atoms with Gasteiger partial charge in [0.05, 0.1) is 37.3 Å². The molecule has 0 fully saturated rings. The van der Waals surface area contributed by atoms with Gasteiger partial charge in [-0.3, -0.25) is 9.79 Å². The van der Waals surface area contributed by atoms with Gasteiger partial charge in [-0.1, -0.05) is 55.1 Å². The lowest BCUT2D eigenvalue weighted by atomic mass is 9.79. The van der Waals surface area contributed by atoms with Crippen molar-refractivity contribution in [1.82, 2.24) is 5.32 Å². The summed E-state index contributed by atoms with van der Waals surface area (Å²) in [5, 5.41) is 18.7. The molecule has 3 aromatic carbocycles.